The summed E-state index contributed by atoms with van der Waals surface area (Å²) in [7, 11) is 0. The van der Waals surface area contributed by atoms with Crippen molar-refractivity contribution in [1.82, 2.24) is 15.1 Å². The van der Waals surface area contributed by atoms with Crippen LogP contribution in [0.3, 0.4) is 0 Å². The fourth-order valence-electron chi connectivity index (χ4n) is 3.32. The first kappa shape index (κ1) is 22.5. The number of primary amides is 1. The van der Waals surface area contributed by atoms with Gasteiger partial charge < -0.3 is 16.4 Å². The number of carbonyl (C=O) groups excluding carboxylic acids is 3. The van der Waals surface area contributed by atoms with Crippen LogP contribution in [0.15, 0.2) is 54.6 Å². The van der Waals surface area contributed by atoms with Gasteiger partial charge in [0.1, 0.15) is 4.83 Å². The van der Waals surface area contributed by atoms with Gasteiger partial charge in [-0.05, 0) is 42.8 Å². The molecule has 0 saturated heterocycles. The number of anilines is 1. The van der Waals surface area contributed by atoms with E-state index in [2.05, 4.69) is 15.7 Å². The van der Waals surface area contributed by atoms with E-state index >= 15 is 0 Å². The van der Waals surface area contributed by atoms with E-state index in [9.17, 15) is 14.4 Å². The highest BCUT2D eigenvalue weighted by Crippen LogP contribution is 2.30. The van der Waals surface area contributed by atoms with Crippen LogP contribution in [0.5, 0.6) is 0 Å². The lowest BCUT2D eigenvalue weighted by atomic mass is 10.2. The van der Waals surface area contributed by atoms with Crippen LogP contribution >= 0.6 is 22.9 Å². The lowest BCUT2D eigenvalue weighted by Crippen LogP contribution is -2.33. The van der Waals surface area contributed by atoms with Gasteiger partial charge in [0.25, 0.3) is 11.8 Å². The van der Waals surface area contributed by atoms with Gasteiger partial charge in [-0.2, -0.15) is 5.10 Å². The fourth-order valence-corrected chi connectivity index (χ4v) is 4.57. The minimum Gasteiger partial charge on any atom is -0.368 e. The maximum Gasteiger partial charge on any atom is 0.265 e. The number of nitrogens with zero attached hydrogens (tertiary/aromatic N) is 2. The third kappa shape index (κ3) is 5.05. The van der Waals surface area contributed by atoms with Gasteiger partial charge in [-0.3, -0.25) is 19.1 Å². The second-order valence-corrected chi connectivity index (χ2v) is 8.79. The van der Waals surface area contributed by atoms with E-state index in [-0.39, 0.29) is 12.5 Å². The van der Waals surface area contributed by atoms with Crippen molar-refractivity contribution in [3.05, 3.63) is 81.3 Å². The first-order valence-corrected chi connectivity index (χ1v) is 11.2. The minimum atomic E-state index is -0.638. The van der Waals surface area contributed by atoms with Gasteiger partial charge in [0.05, 0.1) is 23.7 Å². The van der Waals surface area contributed by atoms with Gasteiger partial charge in [-0.25, -0.2) is 0 Å². The lowest BCUT2D eigenvalue weighted by Gasteiger charge is -2.07. The number of aromatic nitrogens is 2. The van der Waals surface area contributed by atoms with Crippen molar-refractivity contribution in [2.24, 2.45) is 5.73 Å². The number of fused-ring (bicyclic) bond motifs is 1. The number of hydrogen-bond donors (Lipinski definition) is 3. The SMILES string of the molecule is Cc1nn(Cc2ccccc2Cl)c2sc(C(=O)Nc3cccc(C(=O)NCC(N)=O)c3)cc12. The summed E-state index contributed by atoms with van der Waals surface area (Å²) in [5.41, 5.74) is 7.57. The topological polar surface area (TPSA) is 119 Å². The van der Waals surface area contributed by atoms with Gasteiger partial charge in [0.15, 0.2) is 0 Å². The highest BCUT2D eigenvalue weighted by molar-refractivity contribution is 7.20. The molecule has 0 unspecified atom stereocenters. The molecule has 0 bridgehead atoms. The lowest BCUT2D eigenvalue weighted by molar-refractivity contribution is -0.117. The zero-order valence-electron chi connectivity index (χ0n) is 17.6. The van der Waals surface area contributed by atoms with Crippen molar-refractivity contribution >= 4 is 56.6 Å². The molecule has 8 nitrogen and oxygen atoms in total. The smallest absolute Gasteiger partial charge is 0.265 e. The van der Waals surface area contributed by atoms with Gasteiger partial charge in [0, 0.05) is 21.7 Å². The average Bonchev–Trinajstić information content (AvgIpc) is 3.35. The molecule has 0 radical (unpaired) electrons. The predicted octanol–water partition coefficient (Wildman–Crippen LogP) is 3.58. The molecule has 0 fully saturated rings. The van der Waals surface area contributed by atoms with Crippen LogP contribution in [-0.4, -0.2) is 34.0 Å². The minimum absolute atomic E-state index is 0.262. The number of halogens is 1. The van der Waals surface area contributed by atoms with Crippen LogP contribution in [-0.2, 0) is 11.3 Å². The summed E-state index contributed by atoms with van der Waals surface area (Å²) in [6, 6.07) is 15.8. The first-order chi connectivity index (χ1) is 15.8. The van der Waals surface area contributed by atoms with Crippen molar-refractivity contribution in [2.75, 3.05) is 11.9 Å². The average molecular weight is 482 g/mol. The predicted molar refractivity (Wildman–Crippen MR) is 129 cm³/mol. The van der Waals surface area contributed by atoms with E-state index in [4.69, 9.17) is 17.3 Å². The molecule has 33 heavy (non-hydrogen) atoms. The van der Waals surface area contributed by atoms with E-state index in [1.165, 1.54) is 17.4 Å². The Morgan fingerprint density at radius 3 is 2.64 bits per heavy atom. The standard InChI is InChI=1S/C23H20ClN5O3S/c1-13-17-10-19(33-23(17)29(28-13)12-15-5-2-3-8-18(15)24)22(32)27-16-7-4-6-14(9-16)21(31)26-11-20(25)30/h2-10H,11-12H2,1H3,(H2,25,30)(H,26,31)(H,27,32). The molecule has 4 rings (SSSR count). The molecule has 2 aromatic heterocycles. The number of nitrogens with one attached hydrogen (secondary N) is 2. The largest absolute Gasteiger partial charge is 0.368 e. The molecule has 0 atom stereocenters. The van der Waals surface area contributed by atoms with Crippen molar-refractivity contribution in [3.8, 4) is 0 Å². The quantitative estimate of drug-likeness (QED) is 0.373. The number of aryl methyl sites for hydroxylation is 1. The number of benzene rings is 2. The Hall–Kier alpha value is -3.69. The van der Waals surface area contributed by atoms with Gasteiger partial charge in [0.2, 0.25) is 5.91 Å². The molecule has 0 aliphatic heterocycles. The maximum atomic E-state index is 12.9. The van der Waals surface area contributed by atoms with Gasteiger partial charge in [-0.15, -0.1) is 11.3 Å². The fraction of sp³-hybridized carbons (Fsp3) is 0.130. The highest BCUT2D eigenvalue weighted by Gasteiger charge is 2.18. The molecule has 0 aliphatic rings. The van der Waals surface area contributed by atoms with Crippen molar-refractivity contribution < 1.29 is 14.4 Å². The van der Waals surface area contributed by atoms with Gasteiger partial charge in [-0.1, -0.05) is 35.9 Å². The monoisotopic (exact) mass is 481 g/mol. The molecule has 0 spiro atoms. The Labute approximate surface area is 198 Å². The van der Waals surface area contributed by atoms with E-state index in [0.717, 1.165) is 21.5 Å². The Morgan fingerprint density at radius 1 is 1.09 bits per heavy atom. The summed E-state index contributed by atoms with van der Waals surface area (Å²) in [5.74, 6) is -1.39. The third-order valence-electron chi connectivity index (χ3n) is 4.91. The number of thiophene rings is 1. The second kappa shape index (κ2) is 9.43. The molecule has 4 N–H and O–H groups in total. The van der Waals surface area contributed by atoms with Crippen molar-refractivity contribution in [2.45, 2.75) is 13.5 Å². The van der Waals surface area contributed by atoms with Crippen molar-refractivity contribution in [1.29, 1.82) is 0 Å². The molecular formula is C23H20ClN5O3S. The molecule has 2 heterocycles. The Morgan fingerprint density at radius 2 is 1.88 bits per heavy atom. The van der Waals surface area contributed by atoms with E-state index in [1.807, 2.05) is 41.9 Å². The van der Waals surface area contributed by atoms with Crippen LogP contribution in [0, 0.1) is 6.92 Å². The van der Waals surface area contributed by atoms with Crippen molar-refractivity contribution in [3.63, 3.8) is 0 Å². The Kier molecular flexibility index (Phi) is 6.43. The molecule has 0 aliphatic carbocycles. The zero-order valence-corrected chi connectivity index (χ0v) is 19.2. The molecule has 2 aromatic carbocycles. The summed E-state index contributed by atoms with van der Waals surface area (Å²) >= 11 is 7.63. The van der Waals surface area contributed by atoms with E-state index in [0.29, 0.717) is 27.7 Å². The molecule has 4 aromatic rings. The summed E-state index contributed by atoms with van der Waals surface area (Å²) in [6.45, 7) is 2.13. The second-order valence-electron chi connectivity index (χ2n) is 7.35. The zero-order chi connectivity index (χ0) is 23.5. The maximum absolute atomic E-state index is 12.9. The third-order valence-corrected chi connectivity index (χ3v) is 6.43. The first-order valence-electron chi connectivity index (χ1n) is 10.00. The Bertz CT molecular complexity index is 1380. The normalized spacial score (nSPS) is 10.8. The Balaban J connectivity index is 1.53. The number of nitrogens with two attached hydrogens (primary N) is 1. The van der Waals surface area contributed by atoms with Crippen LogP contribution in [0.1, 0.15) is 31.3 Å². The molecular weight excluding hydrogens is 462 g/mol. The summed E-state index contributed by atoms with van der Waals surface area (Å²) in [4.78, 5) is 37.3. The van der Waals surface area contributed by atoms with Gasteiger partial charge >= 0.3 is 0 Å². The molecule has 3 amide bonds. The summed E-state index contributed by atoms with van der Waals surface area (Å²) in [6.07, 6.45) is 0. The van der Waals surface area contributed by atoms with Crippen LogP contribution in [0.4, 0.5) is 5.69 Å². The van der Waals surface area contributed by atoms with Crippen LogP contribution in [0.25, 0.3) is 10.2 Å². The molecule has 10 heteroatoms. The number of carbonyl (C=O) groups is 3. The number of hydrogen-bond acceptors (Lipinski definition) is 5. The van der Waals surface area contributed by atoms with Crippen LogP contribution < -0.4 is 16.4 Å². The van der Waals surface area contributed by atoms with E-state index in [1.54, 1.807) is 18.2 Å². The molecule has 168 valence electrons. The van der Waals surface area contributed by atoms with E-state index < -0.39 is 11.8 Å². The number of rotatable bonds is 7. The van der Waals surface area contributed by atoms with Crippen LogP contribution in [0.2, 0.25) is 5.02 Å². The molecule has 0 saturated carbocycles. The number of amides is 3. The summed E-state index contributed by atoms with van der Waals surface area (Å²) in [5, 5.41) is 11.4. The highest BCUT2D eigenvalue weighted by atomic mass is 35.5. The summed E-state index contributed by atoms with van der Waals surface area (Å²) < 4.78 is 1.84.